The predicted octanol–water partition coefficient (Wildman–Crippen LogP) is 2.05. The smallest absolute Gasteiger partial charge is 0.232 e. The zero-order valence-electron chi connectivity index (χ0n) is 12.7. The minimum absolute atomic E-state index is 0.0364. The third-order valence-corrected chi connectivity index (χ3v) is 4.25. The van der Waals surface area contributed by atoms with Gasteiger partial charge in [-0.15, -0.1) is 11.8 Å². The summed E-state index contributed by atoms with van der Waals surface area (Å²) in [6, 6.07) is 2.31. The van der Waals surface area contributed by atoms with Crippen LogP contribution in [0.25, 0.3) is 0 Å². The molecule has 1 aliphatic rings. The van der Waals surface area contributed by atoms with Gasteiger partial charge in [-0.3, -0.25) is 9.59 Å². The van der Waals surface area contributed by atoms with Gasteiger partial charge >= 0.3 is 0 Å². The molecule has 0 aromatic rings. The van der Waals surface area contributed by atoms with Gasteiger partial charge in [0.25, 0.3) is 0 Å². The summed E-state index contributed by atoms with van der Waals surface area (Å²) in [7, 11) is 1.77. The van der Waals surface area contributed by atoms with E-state index in [0.717, 1.165) is 32.2 Å². The third kappa shape index (κ3) is 6.67. The summed E-state index contributed by atoms with van der Waals surface area (Å²) in [5.41, 5.74) is 0.405. The van der Waals surface area contributed by atoms with Crippen LogP contribution in [0.1, 0.15) is 39.0 Å². The van der Waals surface area contributed by atoms with Gasteiger partial charge in [-0.05, 0) is 31.1 Å². The van der Waals surface area contributed by atoms with Crippen molar-refractivity contribution >= 4 is 23.6 Å². The van der Waals surface area contributed by atoms with Crippen LogP contribution in [-0.4, -0.2) is 42.1 Å². The first-order chi connectivity index (χ1) is 10.1. The summed E-state index contributed by atoms with van der Waals surface area (Å²) in [4.78, 5) is 25.1. The van der Waals surface area contributed by atoms with E-state index in [0.29, 0.717) is 11.3 Å². The van der Waals surface area contributed by atoms with Crippen molar-refractivity contribution in [2.75, 3.05) is 19.3 Å². The molecule has 0 aromatic carbocycles. The van der Waals surface area contributed by atoms with E-state index in [2.05, 4.69) is 5.32 Å². The number of amides is 2. The van der Waals surface area contributed by atoms with Gasteiger partial charge < -0.3 is 10.2 Å². The van der Waals surface area contributed by atoms with Crippen LogP contribution in [0.15, 0.2) is 11.0 Å². The lowest BCUT2D eigenvalue weighted by Gasteiger charge is -2.26. The van der Waals surface area contributed by atoms with Crippen LogP contribution < -0.4 is 5.32 Å². The number of nitriles is 1. The number of thioether (sulfide) groups is 1. The number of carbonyl (C=O) groups excluding carboxylic acids is 2. The lowest BCUT2D eigenvalue weighted by atomic mass is 9.93. The number of hydrogen-bond donors (Lipinski definition) is 1. The Labute approximate surface area is 130 Å². The largest absolute Gasteiger partial charge is 0.353 e. The number of carbonyl (C=O) groups is 2. The molecule has 0 aliphatic heterocycles. The van der Waals surface area contributed by atoms with Crippen molar-refractivity contribution in [2.24, 2.45) is 0 Å². The monoisotopic (exact) mass is 309 g/mol. The average molecular weight is 309 g/mol. The van der Waals surface area contributed by atoms with Gasteiger partial charge in [0.1, 0.15) is 0 Å². The second kappa shape index (κ2) is 9.46. The SMILES string of the molecule is CCCN(C)C(=O)CS/C=C(/C#N)CC(=O)NC1CCC1. The quantitative estimate of drug-likeness (QED) is 0.697. The molecule has 6 heteroatoms. The third-order valence-electron chi connectivity index (χ3n) is 3.38. The molecule has 1 aliphatic carbocycles. The minimum Gasteiger partial charge on any atom is -0.353 e. The topological polar surface area (TPSA) is 73.2 Å². The van der Waals surface area contributed by atoms with Crippen molar-refractivity contribution in [1.29, 1.82) is 5.26 Å². The predicted molar refractivity (Wildman–Crippen MR) is 84.5 cm³/mol. The molecular formula is C15H23N3O2S. The Hall–Kier alpha value is -1.48. The van der Waals surface area contributed by atoms with Crippen LogP contribution in [0.4, 0.5) is 0 Å². The maximum atomic E-state index is 11.7. The summed E-state index contributed by atoms with van der Waals surface area (Å²) in [5, 5.41) is 13.6. The van der Waals surface area contributed by atoms with E-state index in [1.165, 1.54) is 11.8 Å². The van der Waals surface area contributed by atoms with Gasteiger partial charge in [0.15, 0.2) is 0 Å². The zero-order valence-corrected chi connectivity index (χ0v) is 13.5. The number of nitrogens with one attached hydrogen (secondary N) is 1. The molecule has 0 radical (unpaired) electrons. The van der Waals surface area contributed by atoms with Gasteiger partial charge in [-0.1, -0.05) is 6.92 Å². The van der Waals surface area contributed by atoms with Crippen LogP contribution in [0.3, 0.4) is 0 Å². The molecule has 2 amide bonds. The van der Waals surface area contributed by atoms with Gasteiger partial charge in [0, 0.05) is 25.2 Å². The molecule has 0 aromatic heterocycles. The van der Waals surface area contributed by atoms with Crippen molar-refractivity contribution in [1.82, 2.24) is 10.2 Å². The molecule has 0 unspecified atom stereocenters. The Morgan fingerprint density at radius 2 is 2.19 bits per heavy atom. The minimum atomic E-state index is -0.109. The van der Waals surface area contributed by atoms with E-state index in [9.17, 15) is 9.59 Å². The summed E-state index contributed by atoms with van der Waals surface area (Å²) >= 11 is 1.27. The zero-order chi connectivity index (χ0) is 15.7. The molecule has 1 N–H and O–H groups in total. The lowest BCUT2D eigenvalue weighted by Crippen LogP contribution is -2.39. The van der Waals surface area contributed by atoms with Crippen LogP contribution in [0, 0.1) is 11.3 Å². The highest BCUT2D eigenvalue weighted by molar-refractivity contribution is 8.02. The number of hydrogen-bond acceptors (Lipinski definition) is 4. The Kier molecular flexibility index (Phi) is 7.91. The van der Waals surface area contributed by atoms with Crippen molar-refractivity contribution < 1.29 is 9.59 Å². The van der Waals surface area contributed by atoms with Crippen LogP contribution in [-0.2, 0) is 9.59 Å². The van der Waals surface area contributed by atoms with Crippen molar-refractivity contribution in [2.45, 2.75) is 45.1 Å². The van der Waals surface area contributed by atoms with E-state index in [1.54, 1.807) is 17.4 Å². The molecule has 1 fully saturated rings. The molecule has 0 spiro atoms. The highest BCUT2D eigenvalue weighted by Crippen LogP contribution is 2.18. The fourth-order valence-corrected chi connectivity index (χ4v) is 2.68. The molecule has 116 valence electrons. The summed E-state index contributed by atoms with van der Waals surface area (Å²) in [6.45, 7) is 2.75. The van der Waals surface area contributed by atoms with Gasteiger partial charge in [0.05, 0.1) is 18.2 Å². The fourth-order valence-electron chi connectivity index (χ4n) is 1.90. The second-order valence-corrected chi connectivity index (χ2v) is 6.11. The van der Waals surface area contributed by atoms with Gasteiger partial charge in [-0.25, -0.2) is 0 Å². The van der Waals surface area contributed by atoms with Crippen molar-refractivity contribution in [3.8, 4) is 6.07 Å². The number of rotatable bonds is 8. The Morgan fingerprint density at radius 3 is 2.71 bits per heavy atom. The maximum absolute atomic E-state index is 11.7. The highest BCUT2D eigenvalue weighted by atomic mass is 32.2. The highest BCUT2D eigenvalue weighted by Gasteiger charge is 2.19. The molecule has 5 nitrogen and oxygen atoms in total. The van der Waals surface area contributed by atoms with E-state index < -0.39 is 0 Å². The first-order valence-electron chi connectivity index (χ1n) is 7.30. The summed E-state index contributed by atoms with van der Waals surface area (Å²) in [6.07, 6.45) is 4.25. The Morgan fingerprint density at radius 1 is 1.48 bits per heavy atom. The normalized spacial score (nSPS) is 15.0. The molecule has 1 rings (SSSR count). The standard InChI is InChI=1S/C15H23N3O2S/c1-3-7-18(2)15(20)11-21-10-12(9-16)8-14(19)17-13-5-4-6-13/h10,13H,3-8,11H2,1-2H3,(H,17,19)/b12-10+. The summed E-state index contributed by atoms with van der Waals surface area (Å²) in [5.74, 6) is 0.225. The first kappa shape index (κ1) is 17.6. The van der Waals surface area contributed by atoms with E-state index in [4.69, 9.17) is 5.26 Å². The lowest BCUT2D eigenvalue weighted by molar-refractivity contribution is -0.127. The second-order valence-electron chi connectivity index (χ2n) is 5.25. The van der Waals surface area contributed by atoms with Crippen LogP contribution >= 0.6 is 11.8 Å². The van der Waals surface area contributed by atoms with E-state index in [1.807, 2.05) is 13.0 Å². The molecule has 0 heterocycles. The molecular weight excluding hydrogens is 286 g/mol. The fraction of sp³-hybridized carbons (Fsp3) is 0.667. The molecule has 0 saturated heterocycles. The van der Waals surface area contributed by atoms with Crippen LogP contribution in [0.5, 0.6) is 0 Å². The van der Waals surface area contributed by atoms with Gasteiger partial charge in [0.2, 0.25) is 11.8 Å². The summed E-state index contributed by atoms with van der Waals surface area (Å²) < 4.78 is 0. The average Bonchev–Trinajstić information content (AvgIpc) is 2.41. The Balaban J connectivity index is 2.32. The molecule has 0 bridgehead atoms. The van der Waals surface area contributed by atoms with Crippen molar-refractivity contribution in [3.63, 3.8) is 0 Å². The molecule has 1 saturated carbocycles. The van der Waals surface area contributed by atoms with E-state index >= 15 is 0 Å². The number of nitrogens with zero attached hydrogens (tertiary/aromatic N) is 2. The van der Waals surface area contributed by atoms with Crippen molar-refractivity contribution in [3.05, 3.63) is 11.0 Å². The van der Waals surface area contributed by atoms with Crippen LogP contribution in [0.2, 0.25) is 0 Å². The van der Waals surface area contributed by atoms with Gasteiger partial charge in [-0.2, -0.15) is 5.26 Å². The Bertz CT molecular complexity index is 439. The first-order valence-corrected chi connectivity index (χ1v) is 8.35. The molecule has 0 atom stereocenters. The molecule has 21 heavy (non-hydrogen) atoms. The van der Waals surface area contributed by atoms with E-state index in [-0.39, 0.29) is 24.3 Å². The maximum Gasteiger partial charge on any atom is 0.232 e.